The summed E-state index contributed by atoms with van der Waals surface area (Å²) in [6.45, 7) is 4.03. The van der Waals surface area contributed by atoms with Crippen molar-refractivity contribution in [2.45, 2.75) is 18.4 Å². The quantitative estimate of drug-likeness (QED) is 0.559. The molecule has 1 aliphatic rings. The number of rotatable bonds is 6. The minimum absolute atomic E-state index is 0.0398. The maximum absolute atomic E-state index is 13.0. The molecule has 4 rings (SSSR count). The number of hydrogen-bond donors (Lipinski definition) is 2. The van der Waals surface area contributed by atoms with E-state index in [1.54, 1.807) is 12.1 Å². The minimum Gasteiger partial charge on any atom is -0.368 e. The van der Waals surface area contributed by atoms with Crippen LogP contribution in [-0.4, -0.2) is 58.8 Å². The van der Waals surface area contributed by atoms with E-state index in [1.165, 1.54) is 16.4 Å². The van der Waals surface area contributed by atoms with Gasteiger partial charge >= 0.3 is 0 Å². The summed E-state index contributed by atoms with van der Waals surface area (Å²) in [7, 11) is -3.74. The van der Waals surface area contributed by atoms with Crippen LogP contribution in [0.1, 0.15) is 17.0 Å². The molecule has 0 saturated carbocycles. The van der Waals surface area contributed by atoms with Gasteiger partial charge in [0.2, 0.25) is 21.9 Å². The predicted molar refractivity (Wildman–Crippen MR) is 124 cm³/mol. The van der Waals surface area contributed by atoms with Crippen LogP contribution in [0.4, 0.5) is 17.6 Å². The van der Waals surface area contributed by atoms with Crippen molar-refractivity contribution in [2.24, 2.45) is 0 Å². The Hall–Kier alpha value is -3.59. The number of nitrogens with one attached hydrogen (secondary N) is 1. The molecule has 2 aromatic carbocycles. The maximum Gasteiger partial charge on any atom is 0.244 e. The van der Waals surface area contributed by atoms with E-state index in [2.05, 4.69) is 25.2 Å². The zero-order chi connectivity index (χ0) is 23.4. The largest absolute Gasteiger partial charge is 0.368 e. The molecule has 0 bridgehead atoms. The molecular weight excluding hydrogens is 440 g/mol. The molecule has 170 valence electrons. The molecule has 0 aliphatic carbocycles. The average Bonchev–Trinajstić information content (AvgIpc) is 2.80. The van der Waals surface area contributed by atoms with Gasteiger partial charge in [-0.25, -0.2) is 8.42 Å². The van der Waals surface area contributed by atoms with Gasteiger partial charge in [0, 0.05) is 31.9 Å². The highest BCUT2D eigenvalue weighted by molar-refractivity contribution is 7.89. The highest BCUT2D eigenvalue weighted by Gasteiger charge is 2.30. The number of nitrogen functional groups attached to an aromatic ring is 1. The summed E-state index contributed by atoms with van der Waals surface area (Å²) in [6.07, 6.45) is 0. The van der Waals surface area contributed by atoms with Crippen molar-refractivity contribution < 1.29 is 8.42 Å². The first-order chi connectivity index (χ1) is 15.8. The summed E-state index contributed by atoms with van der Waals surface area (Å²) in [5.74, 6) is 0.975. The second kappa shape index (κ2) is 9.50. The van der Waals surface area contributed by atoms with E-state index in [1.807, 2.05) is 37.3 Å². The number of piperazine rings is 1. The lowest BCUT2D eigenvalue weighted by Crippen LogP contribution is -2.48. The first kappa shape index (κ1) is 22.6. The van der Waals surface area contributed by atoms with Gasteiger partial charge in [-0.1, -0.05) is 29.8 Å². The van der Waals surface area contributed by atoms with E-state index in [0.29, 0.717) is 44.5 Å². The molecule has 1 aliphatic heterocycles. The number of sulfonamides is 1. The number of benzene rings is 2. The molecule has 1 saturated heterocycles. The molecule has 0 spiro atoms. The van der Waals surface area contributed by atoms with E-state index in [9.17, 15) is 13.7 Å². The van der Waals surface area contributed by atoms with Gasteiger partial charge in [-0.3, -0.25) is 4.90 Å². The van der Waals surface area contributed by atoms with Crippen molar-refractivity contribution >= 4 is 27.6 Å². The fourth-order valence-electron chi connectivity index (χ4n) is 3.58. The highest BCUT2D eigenvalue weighted by atomic mass is 32.2. The number of anilines is 3. The number of hydrogen-bond acceptors (Lipinski definition) is 9. The number of nitrogens with zero attached hydrogens (tertiary/aromatic N) is 6. The first-order valence-corrected chi connectivity index (χ1v) is 11.8. The van der Waals surface area contributed by atoms with Crippen LogP contribution in [0, 0.1) is 18.3 Å². The summed E-state index contributed by atoms with van der Waals surface area (Å²) < 4.78 is 27.4. The molecule has 3 aromatic rings. The van der Waals surface area contributed by atoms with Crippen LogP contribution in [0.15, 0.2) is 53.4 Å². The lowest BCUT2D eigenvalue weighted by atomic mass is 10.2. The molecule has 1 aromatic heterocycles. The van der Waals surface area contributed by atoms with Crippen LogP contribution in [0.25, 0.3) is 0 Å². The molecule has 10 nitrogen and oxygen atoms in total. The Balaban J connectivity index is 1.41. The molecule has 33 heavy (non-hydrogen) atoms. The van der Waals surface area contributed by atoms with E-state index in [-0.39, 0.29) is 16.4 Å². The Morgan fingerprint density at radius 2 is 1.73 bits per heavy atom. The van der Waals surface area contributed by atoms with Crippen molar-refractivity contribution in [3.05, 3.63) is 65.5 Å². The third-order valence-electron chi connectivity index (χ3n) is 5.33. The van der Waals surface area contributed by atoms with Gasteiger partial charge in [-0.15, -0.1) is 0 Å². The molecule has 3 N–H and O–H groups in total. The predicted octanol–water partition coefficient (Wildman–Crippen LogP) is 1.88. The molecule has 0 atom stereocenters. The minimum atomic E-state index is -3.74. The molecule has 1 fully saturated rings. The van der Waals surface area contributed by atoms with Gasteiger partial charge in [-0.2, -0.15) is 24.5 Å². The lowest BCUT2D eigenvalue weighted by molar-refractivity contribution is 0.178. The highest BCUT2D eigenvalue weighted by Crippen LogP contribution is 2.21. The molecular formula is C22H24N8O2S. The number of aromatic nitrogens is 3. The zero-order valence-electron chi connectivity index (χ0n) is 18.1. The second-order valence-electron chi connectivity index (χ2n) is 7.71. The van der Waals surface area contributed by atoms with Gasteiger partial charge in [0.05, 0.1) is 17.0 Å². The fraction of sp³-hybridized carbons (Fsp3) is 0.273. The third-order valence-corrected chi connectivity index (χ3v) is 7.29. The Bertz CT molecular complexity index is 1280. The van der Waals surface area contributed by atoms with Crippen molar-refractivity contribution in [1.29, 1.82) is 5.26 Å². The van der Waals surface area contributed by atoms with Crippen molar-refractivity contribution in [1.82, 2.24) is 24.2 Å². The molecule has 0 radical (unpaired) electrons. The summed E-state index contributed by atoms with van der Waals surface area (Å²) in [5, 5.41) is 12.4. The van der Waals surface area contributed by atoms with Gasteiger partial charge in [-0.05, 0) is 31.2 Å². The SMILES string of the molecule is Cc1ccc(Nc2nc(N)nc(CN3CCN(S(=O)(=O)c4ccccc4C#N)CC3)n2)cc1. The van der Waals surface area contributed by atoms with Gasteiger partial charge in [0.15, 0.2) is 0 Å². The monoisotopic (exact) mass is 464 g/mol. The summed E-state index contributed by atoms with van der Waals surface area (Å²) in [5.41, 5.74) is 8.01. The summed E-state index contributed by atoms with van der Waals surface area (Å²) in [4.78, 5) is 14.9. The topological polar surface area (TPSA) is 141 Å². The lowest BCUT2D eigenvalue weighted by Gasteiger charge is -2.33. The van der Waals surface area contributed by atoms with Crippen LogP contribution in [0.3, 0.4) is 0 Å². The standard InChI is InChI=1S/C22H24N8O2S/c1-16-6-8-18(9-7-16)25-22-27-20(26-21(24)28-22)15-29-10-12-30(13-11-29)33(31,32)19-5-3-2-4-17(19)14-23/h2-9H,10-13,15H2,1H3,(H3,24,25,26,27,28). The second-order valence-corrected chi connectivity index (χ2v) is 9.62. The van der Waals surface area contributed by atoms with Gasteiger partial charge in [0.25, 0.3) is 0 Å². The third kappa shape index (κ3) is 5.25. The van der Waals surface area contributed by atoms with Crippen LogP contribution in [0.5, 0.6) is 0 Å². The molecule has 0 unspecified atom stereocenters. The summed E-state index contributed by atoms with van der Waals surface area (Å²) in [6, 6.07) is 16.0. The smallest absolute Gasteiger partial charge is 0.244 e. The van der Waals surface area contributed by atoms with Gasteiger partial charge < -0.3 is 11.1 Å². The molecule has 2 heterocycles. The summed E-state index contributed by atoms with van der Waals surface area (Å²) >= 11 is 0. The Morgan fingerprint density at radius 3 is 2.42 bits per heavy atom. The Morgan fingerprint density at radius 1 is 1.03 bits per heavy atom. The Kier molecular flexibility index (Phi) is 6.50. The number of nitrogens with two attached hydrogens (primary N) is 1. The van der Waals surface area contributed by atoms with Crippen LogP contribution >= 0.6 is 0 Å². The van der Waals surface area contributed by atoms with Crippen molar-refractivity contribution in [3.8, 4) is 6.07 Å². The Labute approximate surface area is 192 Å². The van der Waals surface area contributed by atoms with Crippen LogP contribution in [0.2, 0.25) is 0 Å². The molecule has 11 heteroatoms. The number of aryl methyl sites for hydroxylation is 1. The number of nitriles is 1. The van der Waals surface area contributed by atoms with E-state index in [4.69, 9.17) is 5.73 Å². The van der Waals surface area contributed by atoms with E-state index in [0.717, 1.165) is 11.3 Å². The van der Waals surface area contributed by atoms with Crippen molar-refractivity contribution in [3.63, 3.8) is 0 Å². The maximum atomic E-state index is 13.0. The zero-order valence-corrected chi connectivity index (χ0v) is 19.0. The van der Waals surface area contributed by atoms with E-state index < -0.39 is 10.0 Å². The first-order valence-electron chi connectivity index (χ1n) is 10.4. The van der Waals surface area contributed by atoms with E-state index >= 15 is 0 Å². The van der Waals surface area contributed by atoms with Crippen molar-refractivity contribution in [2.75, 3.05) is 37.2 Å². The fourth-order valence-corrected chi connectivity index (χ4v) is 5.15. The molecule has 0 amide bonds. The average molecular weight is 465 g/mol. The van der Waals surface area contributed by atoms with Gasteiger partial charge in [0.1, 0.15) is 11.9 Å². The normalized spacial score (nSPS) is 15.2. The van der Waals surface area contributed by atoms with Crippen LogP contribution in [-0.2, 0) is 16.6 Å². The van der Waals surface area contributed by atoms with Crippen LogP contribution < -0.4 is 11.1 Å².